The lowest BCUT2D eigenvalue weighted by Crippen LogP contribution is -2.52. The number of unbranched alkanes of at least 4 members (excludes halogenated alkanes) is 2. The van der Waals surface area contributed by atoms with E-state index in [-0.39, 0.29) is 76.8 Å². The van der Waals surface area contributed by atoms with E-state index in [1.165, 1.54) is 19.6 Å². The van der Waals surface area contributed by atoms with Crippen molar-refractivity contribution in [1.29, 1.82) is 0 Å². The maximum atomic E-state index is 14.8. The molecule has 4 aromatic carbocycles. The molecule has 372 valence electrons. The lowest BCUT2D eigenvalue weighted by molar-refractivity contribution is -0.147. The van der Waals surface area contributed by atoms with E-state index in [0.29, 0.717) is 45.2 Å². The van der Waals surface area contributed by atoms with Crippen molar-refractivity contribution in [1.82, 2.24) is 29.8 Å². The number of nitrogens with zero attached hydrogens (tertiary/aromatic N) is 5. The molecular weight excluding hydrogens is 875 g/mol. The van der Waals surface area contributed by atoms with Crippen LogP contribution in [0.25, 0.3) is 0 Å². The fourth-order valence-corrected chi connectivity index (χ4v) is 7.90. The number of nitrogens with two attached hydrogens (primary N) is 3. The van der Waals surface area contributed by atoms with Gasteiger partial charge in [0.25, 0.3) is 0 Å². The van der Waals surface area contributed by atoms with Gasteiger partial charge >= 0.3 is 0 Å². The first-order valence-electron chi connectivity index (χ1n) is 23.9. The van der Waals surface area contributed by atoms with Crippen LogP contribution in [0, 0.1) is 6.92 Å². The van der Waals surface area contributed by atoms with Crippen LogP contribution in [0.2, 0.25) is 0 Å². The van der Waals surface area contributed by atoms with Gasteiger partial charge in [-0.1, -0.05) is 121 Å². The summed E-state index contributed by atoms with van der Waals surface area (Å²) < 4.78 is 0. The number of aryl methyl sites for hydroxylation is 1. The number of aliphatic hydroxyl groups excluding tert-OH is 1. The fourth-order valence-electron chi connectivity index (χ4n) is 7.90. The highest BCUT2D eigenvalue weighted by Gasteiger charge is 2.30. The second-order valence-corrected chi connectivity index (χ2v) is 17.3. The van der Waals surface area contributed by atoms with Crippen LogP contribution in [0.3, 0.4) is 0 Å². The molecule has 16 nitrogen and oxygen atoms in total. The first-order valence-corrected chi connectivity index (χ1v) is 23.9. The minimum atomic E-state index is -0.702. The van der Waals surface area contributed by atoms with Crippen molar-refractivity contribution in [3.05, 3.63) is 143 Å². The zero-order valence-corrected chi connectivity index (χ0v) is 40.4. The highest BCUT2D eigenvalue weighted by Crippen LogP contribution is 2.26. The van der Waals surface area contributed by atoms with Gasteiger partial charge in [-0.2, -0.15) is 0 Å². The third kappa shape index (κ3) is 19.2. The summed E-state index contributed by atoms with van der Waals surface area (Å²) in [5.74, 6) is -3.45. The summed E-state index contributed by atoms with van der Waals surface area (Å²) in [5.41, 5.74) is 21.8. The highest BCUT2D eigenvalue weighted by molar-refractivity contribution is 5.92. The Hall–Kier alpha value is -6.46. The number of hydrogen-bond donors (Lipinski definition) is 5. The lowest BCUT2D eigenvalue weighted by atomic mass is 9.90. The van der Waals surface area contributed by atoms with Gasteiger partial charge in [-0.25, -0.2) is 0 Å². The van der Waals surface area contributed by atoms with Crippen LogP contribution in [0.1, 0.15) is 72.4 Å². The van der Waals surface area contributed by atoms with E-state index in [0.717, 1.165) is 27.8 Å². The first-order chi connectivity index (χ1) is 33.3. The number of hydrogen-bond acceptors (Lipinski definition) is 10. The summed E-state index contributed by atoms with van der Waals surface area (Å²) in [6.45, 7) is 2.56. The Kier molecular flexibility index (Phi) is 24.1. The number of amides is 6. The van der Waals surface area contributed by atoms with E-state index in [2.05, 4.69) is 5.32 Å². The molecule has 8 N–H and O–H groups in total. The van der Waals surface area contributed by atoms with E-state index in [4.69, 9.17) is 17.2 Å². The molecule has 1 unspecified atom stereocenters. The molecule has 1 atom stereocenters. The number of carbonyl (C=O) groups is 6. The van der Waals surface area contributed by atoms with Crippen molar-refractivity contribution in [3.8, 4) is 0 Å². The molecule has 0 aliphatic rings. The van der Waals surface area contributed by atoms with E-state index in [1.807, 2.05) is 129 Å². The molecule has 6 amide bonds. The SMILES string of the molecule is Cc1ccc(CCN(CC(=O)N(CCO)CC(=O)N(CCCCN)CC(=O)N(CCCCN)CC(N)=O)C(=O)CN(CC(c2ccccc2)c2ccccc2)C(=O)CNC(C)c2ccccc2)cc1. The van der Waals surface area contributed by atoms with Crippen LogP contribution in [0.15, 0.2) is 115 Å². The van der Waals surface area contributed by atoms with Crippen LogP contribution in [0.4, 0.5) is 0 Å². The van der Waals surface area contributed by atoms with Gasteiger partial charge in [-0.05, 0) is 81.3 Å². The Bertz CT molecular complexity index is 2140. The fraction of sp³-hybridized carbons (Fsp3) is 0.434. The van der Waals surface area contributed by atoms with E-state index in [1.54, 1.807) is 4.90 Å². The van der Waals surface area contributed by atoms with Gasteiger partial charge in [-0.3, -0.25) is 28.8 Å². The minimum Gasteiger partial charge on any atom is -0.395 e. The number of nitrogens with one attached hydrogen (secondary N) is 1. The second-order valence-electron chi connectivity index (χ2n) is 17.3. The van der Waals surface area contributed by atoms with Crippen molar-refractivity contribution in [2.75, 3.05) is 91.7 Å². The van der Waals surface area contributed by atoms with E-state index >= 15 is 0 Å². The topological polar surface area (TPSA) is 229 Å². The van der Waals surface area contributed by atoms with Crippen molar-refractivity contribution in [2.24, 2.45) is 17.2 Å². The molecule has 0 bridgehead atoms. The van der Waals surface area contributed by atoms with Gasteiger partial charge in [-0.15, -0.1) is 0 Å². The molecule has 0 aromatic heterocycles. The molecular formula is C53H73N9O7. The van der Waals surface area contributed by atoms with Crippen LogP contribution < -0.4 is 22.5 Å². The van der Waals surface area contributed by atoms with Gasteiger partial charge < -0.3 is 52.1 Å². The predicted molar refractivity (Wildman–Crippen MR) is 268 cm³/mol. The lowest BCUT2D eigenvalue weighted by Gasteiger charge is -2.33. The molecule has 0 spiro atoms. The smallest absolute Gasteiger partial charge is 0.242 e. The zero-order chi connectivity index (χ0) is 50.0. The minimum absolute atomic E-state index is 0.0629. The van der Waals surface area contributed by atoms with Gasteiger partial charge in [0.1, 0.15) is 0 Å². The highest BCUT2D eigenvalue weighted by atomic mass is 16.3. The summed E-state index contributed by atoms with van der Waals surface area (Å²) >= 11 is 0. The largest absolute Gasteiger partial charge is 0.395 e. The summed E-state index contributed by atoms with van der Waals surface area (Å²) in [7, 11) is 0. The van der Waals surface area contributed by atoms with Crippen LogP contribution >= 0.6 is 0 Å². The maximum absolute atomic E-state index is 14.8. The summed E-state index contributed by atoms with van der Waals surface area (Å²) in [4.78, 5) is 90.0. The molecule has 0 saturated heterocycles. The first kappa shape index (κ1) is 55.1. The van der Waals surface area contributed by atoms with Crippen LogP contribution in [0.5, 0.6) is 0 Å². The molecule has 0 fully saturated rings. The number of primary amides is 1. The molecule has 0 heterocycles. The molecule has 69 heavy (non-hydrogen) atoms. The number of aliphatic hydroxyl groups is 1. The molecule has 0 aliphatic heterocycles. The molecule has 0 saturated carbocycles. The number of rotatable bonds is 31. The van der Waals surface area contributed by atoms with Crippen molar-refractivity contribution in [2.45, 2.75) is 57.9 Å². The monoisotopic (exact) mass is 948 g/mol. The third-order valence-electron chi connectivity index (χ3n) is 12.0. The van der Waals surface area contributed by atoms with Gasteiger partial charge in [0.2, 0.25) is 35.4 Å². The summed E-state index contributed by atoms with van der Waals surface area (Å²) in [6.07, 6.45) is 2.58. The zero-order valence-electron chi connectivity index (χ0n) is 40.4. The Balaban J connectivity index is 1.63. The summed E-state index contributed by atoms with van der Waals surface area (Å²) in [5, 5.41) is 13.5. The van der Waals surface area contributed by atoms with Crippen molar-refractivity contribution >= 4 is 35.4 Å². The average Bonchev–Trinajstić information content (AvgIpc) is 3.35. The standard InChI is InChI=1S/C53H73N9O7/c1-41-22-24-43(25-23-41)26-31-60(38-52(68)61(32-33-63)39-51(67)59(30-15-13-28-55)37-50(66)58(36-48(56)64)29-14-12-27-54)53(69)40-62(49(65)34-57-42(2)44-16-6-3-7-17-44)35-47(45-18-8-4-9-19-45)46-20-10-5-11-21-46/h3-11,16-25,42,47,57,63H,12-15,26-40,54-55H2,1-2H3,(H2,56,64). The van der Waals surface area contributed by atoms with Gasteiger partial charge in [0.05, 0.1) is 45.9 Å². The molecule has 0 radical (unpaired) electrons. The summed E-state index contributed by atoms with van der Waals surface area (Å²) in [6, 6.07) is 37.0. The predicted octanol–water partition coefficient (Wildman–Crippen LogP) is 2.82. The third-order valence-corrected chi connectivity index (χ3v) is 12.0. The molecule has 4 aromatic rings. The Morgan fingerprint density at radius 3 is 1.39 bits per heavy atom. The quantitative estimate of drug-likeness (QED) is 0.0464. The van der Waals surface area contributed by atoms with Crippen LogP contribution in [-0.2, 0) is 35.2 Å². The Labute approximate surface area is 407 Å². The average molecular weight is 948 g/mol. The number of carbonyl (C=O) groups excluding carboxylic acids is 6. The maximum Gasteiger partial charge on any atom is 0.242 e. The Morgan fingerprint density at radius 2 is 0.942 bits per heavy atom. The second kappa shape index (κ2) is 30.1. The molecule has 16 heteroatoms. The van der Waals surface area contributed by atoms with E-state index < -0.39 is 49.2 Å². The normalized spacial score (nSPS) is 11.4. The van der Waals surface area contributed by atoms with Crippen molar-refractivity contribution in [3.63, 3.8) is 0 Å². The number of benzene rings is 4. The Morgan fingerprint density at radius 1 is 0.522 bits per heavy atom. The van der Waals surface area contributed by atoms with Crippen molar-refractivity contribution < 1.29 is 33.9 Å². The van der Waals surface area contributed by atoms with Crippen LogP contribution in [-0.4, -0.2) is 157 Å². The van der Waals surface area contributed by atoms with E-state index in [9.17, 15) is 33.9 Å². The molecule has 0 aliphatic carbocycles. The van der Waals surface area contributed by atoms with Gasteiger partial charge in [0, 0.05) is 44.7 Å². The molecule has 4 rings (SSSR count). The van der Waals surface area contributed by atoms with Gasteiger partial charge in [0.15, 0.2) is 0 Å².